The van der Waals surface area contributed by atoms with Crippen molar-refractivity contribution in [3.8, 4) is 17.2 Å². The Balaban J connectivity index is 1.78. The zero-order chi connectivity index (χ0) is 25.2. The fraction of sp³-hybridized carbons (Fsp3) is 0.321. The van der Waals surface area contributed by atoms with Crippen LogP contribution in [0.5, 0.6) is 17.2 Å². The van der Waals surface area contributed by atoms with Crippen molar-refractivity contribution in [3.05, 3.63) is 70.9 Å². The third-order valence-corrected chi connectivity index (χ3v) is 5.88. The van der Waals surface area contributed by atoms with E-state index in [0.717, 1.165) is 24.1 Å². The molecule has 0 spiro atoms. The molecule has 0 bridgehead atoms. The lowest BCUT2D eigenvalue weighted by Gasteiger charge is -2.28. The number of hydrogen-bond acceptors (Lipinski definition) is 6. The Kier molecular flexibility index (Phi) is 6.78. The van der Waals surface area contributed by atoms with Crippen molar-refractivity contribution in [2.45, 2.75) is 33.6 Å². The van der Waals surface area contributed by atoms with Crippen molar-refractivity contribution in [2.75, 3.05) is 21.3 Å². The number of nitrogens with zero attached hydrogens (tertiary/aromatic N) is 3. The number of carbonyl (C=O) groups is 1. The van der Waals surface area contributed by atoms with Gasteiger partial charge in [0.05, 0.1) is 21.3 Å². The van der Waals surface area contributed by atoms with Crippen LogP contribution in [0.25, 0.3) is 6.08 Å². The molecule has 0 radical (unpaired) electrons. The Labute approximate surface area is 206 Å². The minimum atomic E-state index is -0.282. The lowest BCUT2D eigenvalue weighted by molar-refractivity contribution is -0.122. The molecule has 182 valence electrons. The Morgan fingerprint density at radius 1 is 1.03 bits per heavy atom. The van der Waals surface area contributed by atoms with Gasteiger partial charge >= 0.3 is 0 Å². The van der Waals surface area contributed by atoms with E-state index in [2.05, 4.69) is 26.8 Å². The molecule has 0 saturated heterocycles. The van der Waals surface area contributed by atoms with Crippen LogP contribution in [0.1, 0.15) is 44.7 Å². The molecule has 0 fully saturated rings. The van der Waals surface area contributed by atoms with Gasteiger partial charge in [-0.1, -0.05) is 55.8 Å². The van der Waals surface area contributed by atoms with Crippen molar-refractivity contribution in [2.24, 2.45) is 15.5 Å². The summed E-state index contributed by atoms with van der Waals surface area (Å²) in [5.41, 5.74) is 4.00. The van der Waals surface area contributed by atoms with Gasteiger partial charge in [0.15, 0.2) is 17.3 Å². The molecule has 4 rings (SSSR count). The van der Waals surface area contributed by atoms with Crippen molar-refractivity contribution in [3.63, 3.8) is 0 Å². The lowest BCUT2D eigenvalue weighted by Crippen LogP contribution is -2.31. The third-order valence-electron chi connectivity index (χ3n) is 5.88. The summed E-state index contributed by atoms with van der Waals surface area (Å²) in [4.78, 5) is 18.3. The van der Waals surface area contributed by atoms with E-state index in [1.165, 1.54) is 10.6 Å². The highest BCUT2D eigenvalue weighted by Crippen LogP contribution is 2.39. The van der Waals surface area contributed by atoms with Crippen molar-refractivity contribution < 1.29 is 19.0 Å². The first-order chi connectivity index (χ1) is 16.7. The van der Waals surface area contributed by atoms with E-state index in [0.29, 0.717) is 28.6 Å². The monoisotopic (exact) mass is 473 g/mol. The summed E-state index contributed by atoms with van der Waals surface area (Å²) in [6.07, 6.45) is 5.51. The molecule has 1 heterocycles. The van der Waals surface area contributed by atoms with Crippen molar-refractivity contribution >= 4 is 23.5 Å². The van der Waals surface area contributed by atoms with E-state index in [4.69, 9.17) is 24.3 Å². The van der Waals surface area contributed by atoms with Crippen molar-refractivity contribution in [1.82, 2.24) is 5.01 Å². The second-order valence-electron chi connectivity index (χ2n) is 9.41. The summed E-state index contributed by atoms with van der Waals surface area (Å²) in [6.45, 7) is 6.46. The van der Waals surface area contributed by atoms with Gasteiger partial charge in [-0.2, -0.15) is 10.1 Å². The molecule has 0 saturated carbocycles. The van der Waals surface area contributed by atoms with Crippen LogP contribution >= 0.6 is 0 Å². The summed E-state index contributed by atoms with van der Waals surface area (Å²) >= 11 is 0. The van der Waals surface area contributed by atoms with Crippen LogP contribution < -0.4 is 14.2 Å². The zero-order valence-corrected chi connectivity index (χ0v) is 21.1. The van der Waals surface area contributed by atoms with E-state index < -0.39 is 0 Å². The van der Waals surface area contributed by atoms with Gasteiger partial charge in [-0.15, -0.1) is 0 Å². The van der Waals surface area contributed by atoms with Gasteiger partial charge in [-0.05, 0) is 42.5 Å². The standard InChI is InChI=1S/C28H31N3O4/c1-18-12-21(17-28(2,3)16-18)30-31-26(20-10-8-7-9-11-20)29-22(27(31)32)13-19-14-23(33-4)25(35-6)24(15-19)34-5/h7-11,13-16H,12,17H2,1-6H3/b22-13+,30-21+. The fourth-order valence-electron chi connectivity index (χ4n) is 4.61. The number of amides is 1. The maximum Gasteiger partial charge on any atom is 0.298 e. The second-order valence-corrected chi connectivity index (χ2v) is 9.41. The Hall–Kier alpha value is -3.87. The molecule has 0 unspecified atom stereocenters. The highest BCUT2D eigenvalue weighted by atomic mass is 16.5. The van der Waals surface area contributed by atoms with Crippen LogP contribution in [-0.2, 0) is 4.79 Å². The first-order valence-corrected chi connectivity index (χ1v) is 11.5. The minimum Gasteiger partial charge on any atom is -0.493 e. The highest BCUT2D eigenvalue weighted by molar-refractivity contribution is 6.20. The number of amidine groups is 1. The molecular formula is C28H31N3O4. The number of aliphatic imine (C=N–C) groups is 1. The average Bonchev–Trinajstić information content (AvgIpc) is 3.12. The molecule has 1 amide bonds. The highest BCUT2D eigenvalue weighted by Gasteiger charge is 2.33. The van der Waals surface area contributed by atoms with E-state index in [-0.39, 0.29) is 17.0 Å². The molecule has 35 heavy (non-hydrogen) atoms. The molecule has 7 heteroatoms. The number of rotatable bonds is 6. The van der Waals surface area contributed by atoms with Crippen LogP contribution in [-0.4, -0.2) is 43.8 Å². The number of benzene rings is 2. The van der Waals surface area contributed by atoms with Crippen LogP contribution in [0.2, 0.25) is 0 Å². The van der Waals surface area contributed by atoms with Crippen LogP contribution in [0, 0.1) is 5.41 Å². The van der Waals surface area contributed by atoms with E-state index in [1.54, 1.807) is 39.5 Å². The Bertz CT molecular complexity index is 1230. The van der Waals surface area contributed by atoms with E-state index in [1.807, 2.05) is 30.3 Å². The summed E-state index contributed by atoms with van der Waals surface area (Å²) in [6, 6.07) is 13.2. The number of hydrazone groups is 1. The SMILES string of the molecule is COc1cc(/C=C2/N=C(c3ccccc3)N(/N=C3\CC(C)=CC(C)(C)C3)C2=O)cc(OC)c1OC. The summed E-state index contributed by atoms with van der Waals surface area (Å²) in [5.74, 6) is 1.71. The maximum absolute atomic E-state index is 13.6. The normalized spacial score (nSPS) is 19.6. The van der Waals surface area contributed by atoms with Crippen LogP contribution in [0.4, 0.5) is 0 Å². The molecule has 2 aromatic carbocycles. The molecule has 2 aliphatic rings. The van der Waals surface area contributed by atoms with Crippen molar-refractivity contribution in [1.29, 1.82) is 0 Å². The molecule has 1 aliphatic heterocycles. The molecule has 0 atom stereocenters. The number of hydrogen-bond donors (Lipinski definition) is 0. The molecule has 0 aromatic heterocycles. The average molecular weight is 474 g/mol. The number of carbonyl (C=O) groups excluding carboxylic acids is 1. The Morgan fingerprint density at radius 2 is 1.69 bits per heavy atom. The first-order valence-electron chi connectivity index (χ1n) is 11.5. The summed E-state index contributed by atoms with van der Waals surface area (Å²) < 4.78 is 16.3. The summed E-state index contributed by atoms with van der Waals surface area (Å²) in [7, 11) is 4.66. The zero-order valence-electron chi connectivity index (χ0n) is 21.1. The molecule has 7 nitrogen and oxygen atoms in total. The van der Waals surface area contributed by atoms with Gasteiger partial charge in [0.1, 0.15) is 5.70 Å². The number of allylic oxidation sites excluding steroid dienone is 2. The molecule has 1 aliphatic carbocycles. The van der Waals surface area contributed by atoms with Gasteiger partial charge < -0.3 is 14.2 Å². The smallest absolute Gasteiger partial charge is 0.298 e. The maximum atomic E-state index is 13.6. The van der Waals surface area contributed by atoms with E-state index >= 15 is 0 Å². The first kappa shape index (κ1) is 24.3. The van der Waals surface area contributed by atoms with Crippen LogP contribution in [0.3, 0.4) is 0 Å². The molecule has 0 N–H and O–H groups in total. The summed E-state index contributed by atoms with van der Waals surface area (Å²) in [5, 5.41) is 6.26. The minimum absolute atomic E-state index is 0.0110. The Morgan fingerprint density at radius 3 is 2.26 bits per heavy atom. The number of ether oxygens (including phenoxy) is 3. The predicted octanol–water partition coefficient (Wildman–Crippen LogP) is 5.46. The predicted molar refractivity (Wildman–Crippen MR) is 138 cm³/mol. The molecular weight excluding hydrogens is 442 g/mol. The van der Waals surface area contributed by atoms with Gasteiger partial charge in [0, 0.05) is 17.7 Å². The van der Waals surface area contributed by atoms with Crippen LogP contribution in [0.15, 0.2) is 69.9 Å². The van der Waals surface area contributed by atoms with Gasteiger partial charge in [0.2, 0.25) is 5.75 Å². The lowest BCUT2D eigenvalue weighted by atomic mass is 9.79. The van der Waals surface area contributed by atoms with E-state index in [9.17, 15) is 4.79 Å². The van der Waals surface area contributed by atoms with Gasteiger partial charge in [0.25, 0.3) is 5.91 Å². The molecule has 2 aromatic rings. The fourth-order valence-corrected chi connectivity index (χ4v) is 4.61. The largest absolute Gasteiger partial charge is 0.493 e. The third kappa shape index (κ3) is 5.14. The number of methoxy groups -OCH3 is 3. The topological polar surface area (TPSA) is 72.7 Å². The van der Waals surface area contributed by atoms with Gasteiger partial charge in [-0.3, -0.25) is 4.79 Å². The quantitative estimate of drug-likeness (QED) is 0.412. The van der Waals surface area contributed by atoms with Gasteiger partial charge in [-0.25, -0.2) is 4.99 Å². The second kappa shape index (κ2) is 9.78.